The summed E-state index contributed by atoms with van der Waals surface area (Å²) in [6, 6.07) is 5.22. The number of benzene rings is 1. The Morgan fingerprint density at radius 2 is 2.26 bits per heavy atom. The zero-order valence-corrected chi connectivity index (χ0v) is 10.8. The fraction of sp³-hybridized carbons (Fsp3) is 0.167. The minimum Gasteiger partial charge on any atom is -0.378 e. The van der Waals surface area contributed by atoms with Crippen molar-refractivity contribution in [1.29, 1.82) is 0 Å². The number of hydrogen-bond acceptors (Lipinski definition) is 4. The third-order valence-corrected chi connectivity index (χ3v) is 2.58. The van der Waals surface area contributed by atoms with Gasteiger partial charge in [0.15, 0.2) is 0 Å². The van der Waals surface area contributed by atoms with Crippen LogP contribution >= 0.6 is 11.6 Å². The lowest BCUT2D eigenvalue weighted by atomic mass is 10.3. The van der Waals surface area contributed by atoms with Crippen LogP contribution in [0.3, 0.4) is 0 Å². The van der Waals surface area contributed by atoms with Gasteiger partial charge in [-0.25, -0.2) is 9.37 Å². The molecule has 0 bridgehead atoms. The number of methoxy groups -OCH3 is 1. The number of aromatic amines is 1. The second-order valence-electron chi connectivity index (χ2n) is 3.77. The predicted octanol–water partition coefficient (Wildman–Crippen LogP) is 2.45. The first-order chi connectivity index (χ1) is 9.08. The Hall–Kier alpha value is -1.92. The fourth-order valence-corrected chi connectivity index (χ4v) is 1.72. The lowest BCUT2D eigenvalue weighted by Crippen LogP contribution is -2.12. The van der Waals surface area contributed by atoms with Crippen molar-refractivity contribution < 1.29 is 9.13 Å². The molecule has 0 radical (unpaired) electrons. The molecule has 1 aromatic heterocycles. The number of halogens is 2. The number of aromatic nitrogens is 2. The number of hydrogen-bond donors (Lipinski definition) is 2. The summed E-state index contributed by atoms with van der Waals surface area (Å²) in [5, 5.41) is 3.01. The number of nitrogens with zero attached hydrogens (tertiary/aromatic N) is 1. The van der Waals surface area contributed by atoms with E-state index in [2.05, 4.69) is 15.3 Å². The highest BCUT2D eigenvalue weighted by Crippen LogP contribution is 2.24. The van der Waals surface area contributed by atoms with E-state index in [1.807, 2.05) is 0 Å². The van der Waals surface area contributed by atoms with Crippen LogP contribution in [0.15, 0.2) is 29.1 Å². The minimum absolute atomic E-state index is 0.194. The van der Waals surface area contributed by atoms with Gasteiger partial charge in [-0.05, 0) is 18.2 Å². The average Bonchev–Trinajstić information content (AvgIpc) is 2.32. The summed E-state index contributed by atoms with van der Waals surface area (Å²) in [6.07, 6.45) is 0. The highest BCUT2D eigenvalue weighted by molar-refractivity contribution is 6.33. The molecule has 0 spiro atoms. The van der Waals surface area contributed by atoms with Gasteiger partial charge in [0.25, 0.3) is 5.56 Å². The maximum Gasteiger partial charge on any atom is 0.252 e. The molecule has 2 N–H and O–H groups in total. The van der Waals surface area contributed by atoms with Gasteiger partial charge >= 0.3 is 0 Å². The van der Waals surface area contributed by atoms with Crippen LogP contribution in [0.1, 0.15) is 5.69 Å². The maximum atomic E-state index is 12.9. The fourth-order valence-electron chi connectivity index (χ4n) is 1.51. The number of H-pyrrole nitrogens is 1. The van der Waals surface area contributed by atoms with Gasteiger partial charge in [0.2, 0.25) is 5.95 Å². The third-order valence-electron chi connectivity index (χ3n) is 2.27. The molecule has 0 aliphatic rings. The van der Waals surface area contributed by atoms with Gasteiger partial charge in [-0.2, -0.15) is 0 Å². The van der Waals surface area contributed by atoms with Crippen molar-refractivity contribution >= 4 is 23.2 Å². The summed E-state index contributed by atoms with van der Waals surface area (Å²) < 4.78 is 17.8. The van der Waals surface area contributed by atoms with Crippen LogP contribution in [0, 0.1) is 5.82 Å². The van der Waals surface area contributed by atoms with Crippen molar-refractivity contribution in [2.75, 3.05) is 12.4 Å². The van der Waals surface area contributed by atoms with E-state index in [0.29, 0.717) is 11.4 Å². The third kappa shape index (κ3) is 3.52. The molecule has 0 fully saturated rings. The molecule has 100 valence electrons. The van der Waals surface area contributed by atoms with E-state index in [1.165, 1.54) is 31.4 Å². The highest BCUT2D eigenvalue weighted by atomic mass is 35.5. The van der Waals surface area contributed by atoms with Gasteiger partial charge in [0, 0.05) is 13.2 Å². The molecule has 5 nitrogen and oxygen atoms in total. The van der Waals surface area contributed by atoms with E-state index in [1.54, 1.807) is 0 Å². The van der Waals surface area contributed by atoms with E-state index in [0.717, 1.165) is 0 Å². The van der Waals surface area contributed by atoms with Crippen LogP contribution < -0.4 is 10.9 Å². The first-order valence-corrected chi connectivity index (χ1v) is 5.77. The molecular formula is C12H11ClFN3O2. The standard InChI is InChI=1S/C12H11ClFN3O2/c1-19-6-8-5-11(18)17-12(15-8)16-10-3-2-7(14)4-9(10)13/h2-5H,6H2,1H3,(H2,15,16,17,18). The van der Waals surface area contributed by atoms with Gasteiger partial charge in [0.1, 0.15) is 5.82 Å². The number of anilines is 2. The molecule has 0 atom stereocenters. The summed E-state index contributed by atoms with van der Waals surface area (Å²) in [5.41, 5.74) is 0.607. The summed E-state index contributed by atoms with van der Waals surface area (Å²) in [6.45, 7) is 0.218. The Balaban J connectivity index is 2.30. The lowest BCUT2D eigenvalue weighted by molar-refractivity contribution is 0.181. The SMILES string of the molecule is COCc1cc(=O)[nH]c(Nc2ccc(F)cc2Cl)n1. The van der Waals surface area contributed by atoms with Gasteiger partial charge in [-0.1, -0.05) is 11.6 Å². The monoisotopic (exact) mass is 283 g/mol. The van der Waals surface area contributed by atoms with Crippen molar-refractivity contribution in [3.05, 3.63) is 51.2 Å². The van der Waals surface area contributed by atoms with Crippen molar-refractivity contribution in [1.82, 2.24) is 9.97 Å². The Morgan fingerprint density at radius 3 is 2.95 bits per heavy atom. The topological polar surface area (TPSA) is 67.0 Å². The van der Waals surface area contributed by atoms with E-state index < -0.39 is 5.82 Å². The van der Waals surface area contributed by atoms with Crippen LogP contribution in [0.4, 0.5) is 16.0 Å². The van der Waals surface area contributed by atoms with E-state index in [-0.39, 0.29) is 23.1 Å². The van der Waals surface area contributed by atoms with Crippen LogP contribution in [0.5, 0.6) is 0 Å². The van der Waals surface area contributed by atoms with Crippen LogP contribution in [0.2, 0.25) is 5.02 Å². The zero-order chi connectivity index (χ0) is 13.8. The molecule has 1 heterocycles. The average molecular weight is 284 g/mol. The normalized spacial score (nSPS) is 10.5. The van der Waals surface area contributed by atoms with Gasteiger partial charge in [-0.15, -0.1) is 0 Å². The molecule has 2 rings (SSSR count). The molecule has 0 unspecified atom stereocenters. The second kappa shape index (κ2) is 5.81. The smallest absolute Gasteiger partial charge is 0.252 e. The number of rotatable bonds is 4. The first-order valence-electron chi connectivity index (χ1n) is 5.40. The van der Waals surface area contributed by atoms with Crippen molar-refractivity contribution in [3.8, 4) is 0 Å². The van der Waals surface area contributed by atoms with Crippen LogP contribution in [0.25, 0.3) is 0 Å². The van der Waals surface area contributed by atoms with E-state index >= 15 is 0 Å². The van der Waals surface area contributed by atoms with Gasteiger partial charge in [0.05, 0.1) is 23.0 Å². The summed E-state index contributed by atoms with van der Waals surface area (Å²) in [7, 11) is 1.51. The Morgan fingerprint density at radius 1 is 1.47 bits per heavy atom. The lowest BCUT2D eigenvalue weighted by Gasteiger charge is -2.08. The largest absolute Gasteiger partial charge is 0.378 e. The minimum atomic E-state index is -0.440. The Bertz CT molecular complexity index is 645. The first kappa shape index (κ1) is 13.5. The molecular weight excluding hydrogens is 273 g/mol. The quantitative estimate of drug-likeness (QED) is 0.904. The van der Waals surface area contributed by atoms with E-state index in [4.69, 9.17) is 16.3 Å². The second-order valence-corrected chi connectivity index (χ2v) is 4.17. The van der Waals surface area contributed by atoms with E-state index in [9.17, 15) is 9.18 Å². The predicted molar refractivity (Wildman–Crippen MR) is 70.3 cm³/mol. The molecule has 0 amide bonds. The summed E-state index contributed by atoms with van der Waals surface area (Å²) in [4.78, 5) is 18.1. The highest BCUT2D eigenvalue weighted by Gasteiger charge is 2.05. The molecule has 0 aliphatic heterocycles. The molecule has 7 heteroatoms. The maximum absolute atomic E-state index is 12.9. The van der Waals surface area contributed by atoms with Crippen molar-refractivity contribution in [3.63, 3.8) is 0 Å². The van der Waals surface area contributed by atoms with Crippen molar-refractivity contribution in [2.45, 2.75) is 6.61 Å². The molecule has 19 heavy (non-hydrogen) atoms. The molecule has 2 aromatic rings. The molecule has 1 aromatic carbocycles. The Labute approximate surface area is 113 Å². The Kier molecular flexibility index (Phi) is 4.13. The molecule has 0 aliphatic carbocycles. The number of nitrogens with one attached hydrogen (secondary N) is 2. The van der Waals surface area contributed by atoms with Crippen LogP contribution in [-0.4, -0.2) is 17.1 Å². The van der Waals surface area contributed by atoms with Gasteiger partial charge in [-0.3, -0.25) is 9.78 Å². The van der Waals surface area contributed by atoms with Gasteiger partial charge < -0.3 is 10.1 Å². The zero-order valence-electron chi connectivity index (χ0n) is 10.0. The van der Waals surface area contributed by atoms with Crippen LogP contribution in [-0.2, 0) is 11.3 Å². The number of ether oxygens (including phenoxy) is 1. The van der Waals surface area contributed by atoms with Crippen molar-refractivity contribution in [2.24, 2.45) is 0 Å². The summed E-state index contributed by atoms with van der Waals surface area (Å²) >= 11 is 5.87. The molecule has 0 saturated carbocycles. The molecule has 0 saturated heterocycles. The summed E-state index contributed by atoms with van der Waals surface area (Å²) in [5.74, 6) is -0.224.